The summed E-state index contributed by atoms with van der Waals surface area (Å²) in [6.45, 7) is 6.21. The van der Waals surface area contributed by atoms with Crippen LogP contribution in [0.2, 0.25) is 0 Å². The first kappa shape index (κ1) is 16.6. The molecule has 2 aliphatic heterocycles. The van der Waals surface area contributed by atoms with E-state index in [1.807, 2.05) is 28.7 Å². The Hall–Kier alpha value is -1.60. The number of fused-ring (bicyclic) bond motifs is 2. The third-order valence-electron chi connectivity index (χ3n) is 5.28. The highest BCUT2D eigenvalue weighted by Crippen LogP contribution is 2.33. The van der Waals surface area contributed by atoms with Crippen LogP contribution < -0.4 is 9.79 Å². The van der Waals surface area contributed by atoms with E-state index in [-0.39, 0.29) is 0 Å². The van der Waals surface area contributed by atoms with Gasteiger partial charge in [-0.2, -0.15) is 4.89 Å². The van der Waals surface area contributed by atoms with Gasteiger partial charge in [-0.15, -0.1) is 22.7 Å². The Kier molecular flexibility index (Phi) is 4.58. The Labute approximate surface area is 161 Å². The first-order valence-electron chi connectivity index (χ1n) is 9.21. The van der Waals surface area contributed by atoms with Crippen molar-refractivity contribution in [1.82, 2.24) is 4.90 Å². The Bertz CT molecular complexity index is 868. The molecule has 4 heterocycles. The largest absolute Gasteiger partial charge is 0.369 e. The van der Waals surface area contributed by atoms with Gasteiger partial charge >= 0.3 is 0 Å². The maximum atomic E-state index is 5.35. The third-order valence-corrected chi connectivity index (χ3v) is 7.54. The highest BCUT2D eigenvalue weighted by molar-refractivity contribution is 7.37. The predicted molar refractivity (Wildman–Crippen MR) is 109 cm³/mol. The highest BCUT2D eigenvalue weighted by Gasteiger charge is 2.23. The summed E-state index contributed by atoms with van der Waals surface area (Å²) in [5.41, 5.74) is 2.62. The first-order chi connectivity index (χ1) is 12.9. The third kappa shape index (κ3) is 3.22. The molecular formula is C20H22N2O2S2. The molecule has 5 rings (SSSR count). The fraction of sp³-hybridized carbons (Fsp3) is 0.400. The van der Waals surface area contributed by atoms with Crippen LogP contribution in [0.15, 0.2) is 35.7 Å². The molecule has 0 radical (unpaired) electrons. The van der Waals surface area contributed by atoms with Crippen LogP contribution in [0, 0.1) is 0 Å². The van der Waals surface area contributed by atoms with Gasteiger partial charge in [0.05, 0.1) is 10.6 Å². The van der Waals surface area contributed by atoms with E-state index in [0.29, 0.717) is 6.61 Å². The molecule has 0 bridgehead atoms. The predicted octanol–water partition coefficient (Wildman–Crippen LogP) is 4.19. The number of thiophene rings is 2. The number of anilines is 1. The number of benzene rings is 1. The maximum Gasteiger partial charge on any atom is 0.170 e. The van der Waals surface area contributed by atoms with E-state index in [1.165, 1.54) is 25.5 Å². The van der Waals surface area contributed by atoms with Crippen molar-refractivity contribution in [2.45, 2.75) is 12.8 Å². The molecular weight excluding hydrogens is 364 g/mol. The van der Waals surface area contributed by atoms with Crippen molar-refractivity contribution >= 4 is 37.8 Å². The molecule has 0 N–H and O–H groups in total. The summed E-state index contributed by atoms with van der Waals surface area (Å²) in [4.78, 5) is 17.1. The lowest BCUT2D eigenvalue weighted by atomic mass is 10.1. The molecule has 1 fully saturated rings. The van der Waals surface area contributed by atoms with E-state index in [4.69, 9.17) is 9.78 Å². The van der Waals surface area contributed by atoms with Gasteiger partial charge in [-0.1, -0.05) is 6.07 Å². The van der Waals surface area contributed by atoms with Crippen LogP contribution in [0.1, 0.15) is 10.4 Å². The normalized spacial score (nSPS) is 18.1. The summed E-state index contributed by atoms with van der Waals surface area (Å²) in [5.74, 6) is 0.883. The van der Waals surface area contributed by atoms with Crippen LogP contribution in [-0.4, -0.2) is 44.2 Å². The van der Waals surface area contributed by atoms with Crippen molar-refractivity contribution in [3.05, 3.63) is 46.2 Å². The molecule has 4 nitrogen and oxygen atoms in total. The molecule has 2 aromatic heterocycles. The van der Waals surface area contributed by atoms with Crippen LogP contribution in [-0.2, 0) is 17.7 Å². The zero-order chi connectivity index (χ0) is 17.3. The van der Waals surface area contributed by atoms with Gasteiger partial charge in [-0.25, -0.2) is 0 Å². The Morgan fingerprint density at radius 3 is 2.88 bits per heavy atom. The summed E-state index contributed by atoms with van der Waals surface area (Å²) >= 11 is 3.82. The number of piperazine rings is 1. The summed E-state index contributed by atoms with van der Waals surface area (Å²) in [6.07, 6.45) is 2.10. The minimum atomic E-state index is 0.641. The van der Waals surface area contributed by atoms with E-state index in [1.54, 1.807) is 0 Å². The molecule has 0 aliphatic carbocycles. The smallest absolute Gasteiger partial charge is 0.170 e. The molecule has 2 aliphatic rings. The molecule has 0 atom stereocenters. The van der Waals surface area contributed by atoms with Crippen molar-refractivity contribution in [3.63, 3.8) is 0 Å². The molecule has 1 aromatic carbocycles. The van der Waals surface area contributed by atoms with Crippen molar-refractivity contribution in [2.24, 2.45) is 0 Å². The lowest BCUT2D eigenvalue weighted by molar-refractivity contribution is -0.215. The van der Waals surface area contributed by atoms with Crippen molar-refractivity contribution in [2.75, 3.05) is 44.2 Å². The van der Waals surface area contributed by atoms with Crippen LogP contribution in [0.3, 0.4) is 0 Å². The molecule has 136 valence electrons. The van der Waals surface area contributed by atoms with Crippen LogP contribution >= 0.6 is 22.7 Å². The van der Waals surface area contributed by atoms with Crippen molar-refractivity contribution in [3.8, 4) is 5.75 Å². The van der Waals surface area contributed by atoms with E-state index in [2.05, 4.69) is 39.4 Å². The fourth-order valence-electron chi connectivity index (χ4n) is 3.85. The van der Waals surface area contributed by atoms with E-state index >= 15 is 0 Å². The molecule has 1 saturated heterocycles. The van der Waals surface area contributed by atoms with E-state index in [0.717, 1.165) is 51.3 Å². The Morgan fingerprint density at radius 2 is 2.00 bits per heavy atom. The van der Waals surface area contributed by atoms with Crippen molar-refractivity contribution < 1.29 is 9.78 Å². The number of rotatable bonds is 4. The summed E-state index contributed by atoms with van der Waals surface area (Å²) in [7, 11) is 0. The number of nitrogens with zero attached hydrogens (tertiary/aromatic N) is 2. The quantitative estimate of drug-likeness (QED) is 0.628. The van der Waals surface area contributed by atoms with E-state index < -0.39 is 0 Å². The average Bonchev–Trinajstić information content (AvgIpc) is 3.28. The second kappa shape index (κ2) is 7.19. The average molecular weight is 387 g/mol. The monoisotopic (exact) mass is 386 g/mol. The molecule has 0 unspecified atom stereocenters. The van der Waals surface area contributed by atoms with Gasteiger partial charge in [0.15, 0.2) is 5.75 Å². The van der Waals surface area contributed by atoms with Gasteiger partial charge in [-0.05, 0) is 36.1 Å². The van der Waals surface area contributed by atoms with Gasteiger partial charge in [0.1, 0.15) is 0 Å². The standard InChI is InChI=1S/C20H22N2O2S2/c1-2-18(17-5-12-23-24-19(17)3-1)22-10-8-21(9-11-22)7-4-16-14-15-6-13-25-20(15)26-16/h1-3,6,13-14H,4-5,7-12H2. The van der Waals surface area contributed by atoms with Gasteiger partial charge in [0.2, 0.25) is 0 Å². The Morgan fingerprint density at radius 1 is 1.08 bits per heavy atom. The van der Waals surface area contributed by atoms with Crippen LogP contribution in [0.4, 0.5) is 5.69 Å². The SMILES string of the molecule is c1cc2c(c(N3CCN(CCc4cc5ccsc5s4)CC3)c1)CCOO2. The topological polar surface area (TPSA) is 24.9 Å². The van der Waals surface area contributed by atoms with Crippen LogP contribution in [0.5, 0.6) is 5.75 Å². The molecule has 0 spiro atoms. The van der Waals surface area contributed by atoms with Crippen molar-refractivity contribution in [1.29, 1.82) is 0 Å². The molecule has 0 saturated carbocycles. The van der Waals surface area contributed by atoms with Gasteiger partial charge in [-0.3, -0.25) is 4.90 Å². The summed E-state index contributed by atoms with van der Waals surface area (Å²) < 4.78 is 1.46. The highest BCUT2D eigenvalue weighted by atomic mass is 32.2. The number of hydrogen-bond acceptors (Lipinski definition) is 6. The van der Waals surface area contributed by atoms with Gasteiger partial charge in [0.25, 0.3) is 0 Å². The minimum Gasteiger partial charge on any atom is -0.369 e. The molecule has 6 heteroatoms. The maximum absolute atomic E-state index is 5.35. The zero-order valence-corrected chi connectivity index (χ0v) is 16.3. The lowest BCUT2D eigenvalue weighted by Gasteiger charge is -2.37. The fourth-order valence-corrected chi connectivity index (χ4v) is 5.99. The molecule has 3 aromatic rings. The minimum absolute atomic E-state index is 0.641. The zero-order valence-electron chi connectivity index (χ0n) is 14.6. The second-order valence-corrected chi connectivity index (χ2v) is 9.18. The summed E-state index contributed by atoms with van der Waals surface area (Å²) in [6, 6.07) is 10.9. The van der Waals surface area contributed by atoms with Gasteiger partial charge in [0, 0.05) is 60.7 Å². The number of hydrogen-bond donors (Lipinski definition) is 0. The second-order valence-electron chi connectivity index (χ2n) is 6.86. The lowest BCUT2D eigenvalue weighted by Crippen LogP contribution is -2.47. The first-order valence-corrected chi connectivity index (χ1v) is 10.9. The Balaban J connectivity index is 1.19. The molecule has 0 amide bonds. The van der Waals surface area contributed by atoms with Crippen LogP contribution in [0.25, 0.3) is 9.40 Å². The van der Waals surface area contributed by atoms with Gasteiger partial charge < -0.3 is 9.79 Å². The molecule has 26 heavy (non-hydrogen) atoms. The van der Waals surface area contributed by atoms with E-state index in [9.17, 15) is 0 Å². The summed E-state index contributed by atoms with van der Waals surface area (Å²) in [5, 5.41) is 3.60.